The highest BCUT2D eigenvalue weighted by Crippen LogP contribution is 2.32. The number of furan rings is 1. The second-order valence-electron chi connectivity index (χ2n) is 6.53. The van der Waals surface area contributed by atoms with Crippen LogP contribution in [0.2, 0.25) is 5.02 Å². The van der Waals surface area contributed by atoms with Gasteiger partial charge in [0.05, 0.1) is 18.8 Å². The summed E-state index contributed by atoms with van der Waals surface area (Å²) in [5.41, 5.74) is 1.39. The molecule has 0 fully saturated rings. The minimum absolute atomic E-state index is 0.221. The molecule has 150 valence electrons. The third-order valence-electron chi connectivity index (χ3n) is 3.89. The summed E-state index contributed by atoms with van der Waals surface area (Å²) in [6.07, 6.45) is 2.66. The van der Waals surface area contributed by atoms with Gasteiger partial charge in [-0.1, -0.05) is 17.7 Å². The molecule has 1 N–H and O–H groups in total. The standard InChI is InChI=1S/C22H20ClNO5/c1-13(2)28-22(26)14-5-4-6-17(10-14)24-20(25)8-7-18-11-15-9-16(23)12-19(27-3)21(15)29-18/h4-13H,1-3H3,(H,24,25)/b8-7+. The van der Waals surface area contributed by atoms with E-state index in [-0.39, 0.29) is 12.0 Å². The molecule has 0 aliphatic carbocycles. The molecule has 0 aliphatic rings. The monoisotopic (exact) mass is 413 g/mol. The van der Waals surface area contributed by atoms with Gasteiger partial charge in [-0.25, -0.2) is 4.79 Å². The first-order valence-electron chi connectivity index (χ1n) is 8.93. The molecule has 0 aliphatic heterocycles. The van der Waals surface area contributed by atoms with Crippen LogP contribution in [0.1, 0.15) is 30.0 Å². The van der Waals surface area contributed by atoms with Crippen LogP contribution in [0, 0.1) is 0 Å². The number of amides is 1. The third-order valence-corrected chi connectivity index (χ3v) is 4.11. The van der Waals surface area contributed by atoms with Crippen molar-refractivity contribution in [3.63, 3.8) is 0 Å². The second kappa shape index (κ2) is 8.84. The van der Waals surface area contributed by atoms with Gasteiger partial charge in [0.2, 0.25) is 5.91 Å². The normalized spacial score (nSPS) is 11.2. The zero-order chi connectivity index (χ0) is 21.0. The first kappa shape index (κ1) is 20.5. The average molecular weight is 414 g/mol. The molecule has 6 nitrogen and oxygen atoms in total. The maximum atomic E-state index is 12.2. The van der Waals surface area contributed by atoms with Crippen LogP contribution >= 0.6 is 11.6 Å². The minimum atomic E-state index is -0.443. The number of hydrogen-bond donors (Lipinski definition) is 1. The van der Waals surface area contributed by atoms with E-state index in [4.69, 9.17) is 25.5 Å². The van der Waals surface area contributed by atoms with E-state index in [1.165, 1.54) is 13.2 Å². The Kier molecular flexibility index (Phi) is 6.24. The number of ether oxygens (including phenoxy) is 2. The van der Waals surface area contributed by atoms with Crippen LogP contribution in [0.15, 0.2) is 53.0 Å². The van der Waals surface area contributed by atoms with Crippen LogP contribution in [-0.4, -0.2) is 25.1 Å². The van der Waals surface area contributed by atoms with Crippen molar-refractivity contribution in [1.29, 1.82) is 0 Å². The van der Waals surface area contributed by atoms with Gasteiger partial charge < -0.3 is 19.2 Å². The van der Waals surface area contributed by atoms with E-state index in [0.29, 0.717) is 33.4 Å². The van der Waals surface area contributed by atoms with E-state index in [2.05, 4.69) is 5.32 Å². The number of anilines is 1. The first-order chi connectivity index (χ1) is 13.9. The Balaban J connectivity index is 1.72. The Hall–Kier alpha value is -3.25. The van der Waals surface area contributed by atoms with Gasteiger partial charge in [-0.15, -0.1) is 0 Å². The molecule has 29 heavy (non-hydrogen) atoms. The smallest absolute Gasteiger partial charge is 0.338 e. The summed E-state index contributed by atoms with van der Waals surface area (Å²) in [6.45, 7) is 3.55. The van der Waals surface area contributed by atoms with Crippen molar-refractivity contribution in [3.05, 3.63) is 64.9 Å². The number of methoxy groups -OCH3 is 1. The van der Waals surface area contributed by atoms with E-state index in [1.807, 2.05) is 0 Å². The van der Waals surface area contributed by atoms with Gasteiger partial charge >= 0.3 is 5.97 Å². The molecule has 0 radical (unpaired) electrons. The molecule has 3 rings (SSSR count). The number of benzene rings is 2. The summed E-state index contributed by atoms with van der Waals surface area (Å²) in [6, 6.07) is 11.7. The molecule has 0 bridgehead atoms. The highest BCUT2D eigenvalue weighted by molar-refractivity contribution is 6.31. The van der Waals surface area contributed by atoms with Crippen LogP contribution in [0.5, 0.6) is 5.75 Å². The van der Waals surface area contributed by atoms with Crippen molar-refractivity contribution in [2.24, 2.45) is 0 Å². The average Bonchev–Trinajstić information content (AvgIpc) is 3.08. The Morgan fingerprint density at radius 1 is 1.17 bits per heavy atom. The van der Waals surface area contributed by atoms with Gasteiger partial charge in [-0.05, 0) is 50.3 Å². The van der Waals surface area contributed by atoms with Crippen LogP contribution in [0.4, 0.5) is 5.69 Å². The SMILES string of the molecule is COc1cc(Cl)cc2cc(/C=C/C(=O)Nc3cccc(C(=O)OC(C)C)c3)oc12. The maximum absolute atomic E-state index is 12.2. The van der Waals surface area contributed by atoms with Crippen LogP contribution in [-0.2, 0) is 9.53 Å². The second-order valence-corrected chi connectivity index (χ2v) is 6.97. The predicted molar refractivity (Wildman–Crippen MR) is 112 cm³/mol. The lowest BCUT2D eigenvalue weighted by molar-refractivity contribution is -0.111. The van der Waals surface area contributed by atoms with E-state index in [9.17, 15) is 9.59 Å². The zero-order valence-electron chi connectivity index (χ0n) is 16.2. The summed E-state index contributed by atoms with van der Waals surface area (Å²) in [5, 5.41) is 4.00. The van der Waals surface area contributed by atoms with E-state index >= 15 is 0 Å². The number of nitrogens with one attached hydrogen (secondary N) is 1. The van der Waals surface area contributed by atoms with Crippen molar-refractivity contribution in [1.82, 2.24) is 0 Å². The maximum Gasteiger partial charge on any atom is 0.338 e. The summed E-state index contributed by atoms with van der Waals surface area (Å²) in [5.74, 6) is 0.179. The molecular formula is C22H20ClNO5. The van der Waals surface area contributed by atoms with Crippen molar-refractivity contribution in [3.8, 4) is 5.75 Å². The number of carbonyl (C=O) groups is 2. The van der Waals surface area contributed by atoms with E-state index in [1.54, 1.807) is 62.4 Å². The number of esters is 1. The van der Waals surface area contributed by atoms with Gasteiger partial charge in [0.15, 0.2) is 11.3 Å². The van der Waals surface area contributed by atoms with Gasteiger partial charge in [0, 0.05) is 28.2 Å². The lowest BCUT2D eigenvalue weighted by Gasteiger charge is -2.09. The molecule has 7 heteroatoms. The zero-order valence-corrected chi connectivity index (χ0v) is 16.9. The summed E-state index contributed by atoms with van der Waals surface area (Å²) in [7, 11) is 1.53. The Morgan fingerprint density at radius 3 is 2.69 bits per heavy atom. The largest absolute Gasteiger partial charge is 0.493 e. The molecule has 1 aromatic heterocycles. The molecule has 0 unspecified atom stereocenters. The fourth-order valence-electron chi connectivity index (χ4n) is 2.69. The molecule has 0 saturated heterocycles. The van der Waals surface area contributed by atoms with Crippen LogP contribution in [0.3, 0.4) is 0 Å². The van der Waals surface area contributed by atoms with Gasteiger partial charge in [-0.3, -0.25) is 4.79 Å². The Morgan fingerprint density at radius 2 is 1.97 bits per heavy atom. The van der Waals surface area contributed by atoms with E-state index in [0.717, 1.165) is 5.39 Å². The topological polar surface area (TPSA) is 77.8 Å². The number of rotatable bonds is 6. The number of halogens is 1. The predicted octanol–water partition coefficient (Wildman–Crippen LogP) is 5.31. The number of carbonyl (C=O) groups excluding carboxylic acids is 2. The molecule has 1 amide bonds. The van der Waals surface area contributed by atoms with Gasteiger partial charge in [0.25, 0.3) is 0 Å². The molecule has 0 saturated carbocycles. The fraction of sp³-hybridized carbons (Fsp3) is 0.182. The van der Waals surface area contributed by atoms with Gasteiger partial charge in [-0.2, -0.15) is 0 Å². The Labute approximate surface area is 173 Å². The van der Waals surface area contributed by atoms with Crippen molar-refractivity contribution in [2.45, 2.75) is 20.0 Å². The van der Waals surface area contributed by atoms with Crippen LogP contribution in [0.25, 0.3) is 17.0 Å². The summed E-state index contributed by atoms with van der Waals surface area (Å²) >= 11 is 6.06. The van der Waals surface area contributed by atoms with Gasteiger partial charge in [0.1, 0.15) is 5.76 Å². The van der Waals surface area contributed by atoms with Crippen molar-refractivity contribution >= 4 is 46.2 Å². The number of hydrogen-bond acceptors (Lipinski definition) is 5. The lowest BCUT2D eigenvalue weighted by atomic mass is 10.2. The molecule has 3 aromatic rings. The van der Waals surface area contributed by atoms with E-state index < -0.39 is 5.97 Å². The molecular weight excluding hydrogens is 394 g/mol. The molecule has 0 spiro atoms. The fourth-order valence-corrected chi connectivity index (χ4v) is 2.90. The molecule has 2 aromatic carbocycles. The summed E-state index contributed by atoms with van der Waals surface area (Å²) < 4.78 is 16.1. The quantitative estimate of drug-likeness (QED) is 0.437. The third kappa shape index (κ3) is 5.18. The molecule has 0 atom stereocenters. The van der Waals surface area contributed by atoms with Crippen molar-refractivity contribution in [2.75, 3.05) is 12.4 Å². The number of fused-ring (bicyclic) bond motifs is 1. The van der Waals surface area contributed by atoms with Crippen LogP contribution < -0.4 is 10.1 Å². The first-order valence-corrected chi connectivity index (χ1v) is 9.30. The van der Waals surface area contributed by atoms with Crippen molar-refractivity contribution < 1.29 is 23.5 Å². The highest BCUT2D eigenvalue weighted by atomic mass is 35.5. The molecule has 1 heterocycles. The highest BCUT2D eigenvalue weighted by Gasteiger charge is 2.11. The summed E-state index contributed by atoms with van der Waals surface area (Å²) in [4.78, 5) is 24.2. The Bertz CT molecular complexity index is 1080. The minimum Gasteiger partial charge on any atom is -0.493 e. The lowest BCUT2D eigenvalue weighted by Crippen LogP contribution is -2.13.